The number of amides is 2. The van der Waals surface area contributed by atoms with Gasteiger partial charge >= 0.3 is 0 Å². The Morgan fingerprint density at radius 3 is 1.94 bits per heavy atom. The summed E-state index contributed by atoms with van der Waals surface area (Å²) in [5.74, 6) is -1.29. The Bertz CT molecular complexity index is 1120. The summed E-state index contributed by atoms with van der Waals surface area (Å²) in [5.41, 5.74) is -0.0597. The van der Waals surface area contributed by atoms with Crippen molar-refractivity contribution in [2.24, 2.45) is 35.0 Å². The summed E-state index contributed by atoms with van der Waals surface area (Å²) < 4.78 is 12.0. The number of carbonyl (C=O) groups excluding carboxylic acids is 5. The molecule has 1 saturated heterocycles. The van der Waals surface area contributed by atoms with Crippen molar-refractivity contribution in [2.45, 2.75) is 164 Å². The van der Waals surface area contributed by atoms with E-state index in [1.54, 1.807) is 40.1 Å². The number of likely N-dealkylation sites (N-methyl/N-ethyl adjacent to an activating group) is 2. The molecule has 0 unspecified atom stereocenters. The van der Waals surface area contributed by atoms with E-state index in [0.717, 1.165) is 25.7 Å². The molecule has 0 spiro atoms. The van der Waals surface area contributed by atoms with Gasteiger partial charge in [0, 0.05) is 64.8 Å². The van der Waals surface area contributed by atoms with Gasteiger partial charge in [-0.15, -0.1) is 0 Å². The maximum absolute atomic E-state index is 14.1. The highest BCUT2D eigenvalue weighted by Gasteiger charge is 2.43. The van der Waals surface area contributed by atoms with E-state index in [2.05, 4.69) is 39.9 Å². The van der Waals surface area contributed by atoms with Gasteiger partial charge in [0.1, 0.15) is 11.6 Å². The fraction of sp³-hybridized carbons (Fsp3) is 0.878. The molecule has 296 valence electrons. The largest absolute Gasteiger partial charge is 0.379 e. The number of hydrogen-bond acceptors (Lipinski definition) is 8. The molecule has 10 nitrogen and oxygen atoms in total. The number of methoxy groups -OCH3 is 2. The quantitative estimate of drug-likeness (QED) is 0.113. The molecular formula is C41H75N3O7. The standard InChI is InChI=1S/C41H75N3O7/c1-15-27(7)38(43(12)40(49)28(8)22-33(46)37(42-11)26(5)6)35(50-13)24-36(48)44-21-19-20-31(44)39(51-14)29(9)32(45)23-30(16-2)34(47)25-41(10,17-3)18-4/h26-31,35,37-39,42H,15-25H2,1-14H3/t27-,28+,29-,30+,31-,35+,37-,38-,39+/m0/s1. The topological polar surface area (TPSA) is 122 Å². The Balaban J connectivity index is 3.16. The Labute approximate surface area is 310 Å². The van der Waals surface area contributed by atoms with E-state index in [1.807, 2.05) is 32.6 Å². The minimum atomic E-state index is -0.570. The molecule has 10 heteroatoms. The lowest BCUT2D eigenvalue weighted by atomic mass is 9.76. The van der Waals surface area contributed by atoms with Crippen LogP contribution in [0.25, 0.3) is 0 Å². The minimum absolute atomic E-state index is 0.00795. The zero-order chi connectivity index (χ0) is 39.2. The number of rotatable bonds is 25. The van der Waals surface area contributed by atoms with E-state index in [9.17, 15) is 24.0 Å². The third-order valence-electron chi connectivity index (χ3n) is 12.3. The number of nitrogens with zero attached hydrogens (tertiary/aromatic N) is 2. The van der Waals surface area contributed by atoms with Gasteiger partial charge in [-0.2, -0.15) is 0 Å². The van der Waals surface area contributed by atoms with Crippen molar-refractivity contribution < 1.29 is 33.4 Å². The third-order valence-corrected chi connectivity index (χ3v) is 12.3. The summed E-state index contributed by atoms with van der Waals surface area (Å²) in [6.45, 7) is 20.6. The Kier molecular flexibility index (Phi) is 20.3. The molecule has 0 aromatic rings. The van der Waals surface area contributed by atoms with Crippen LogP contribution in [0.1, 0.15) is 133 Å². The van der Waals surface area contributed by atoms with E-state index < -0.39 is 24.0 Å². The maximum Gasteiger partial charge on any atom is 0.225 e. The number of likely N-dealkylation sites (tertiary alicyclic amines) is 1. The molecule has 1 rings (SSSR count). The van der Waals surface area contributed by atoms with Crippen LogP contribution in [0.3, 0.4) is 0 Å². The second kappa shape index (κ2) is 22.1. The zero-order valence-corrected chi connectivity index (χ0v) is 34.8. The van der Waals surface area contributed by atoms with Gasteiger partial charge in [-0.3, -0.25) is 24.0 Å². The molecular weight excluding hydrogens is 646 g/mol. The highest BCUT2D eigenvalue weighted by molar-refractivity contribution is 5.90. The number of nitrogens with one attached hydrogen (secondary N) is 1. The molecule has 51 heavy (non-hydrogen) atoms. The molecule has 1 aliphatic rings. The number of hydrogen-bond donors (Lipinski definition) is 1. The summed E-state index contributed by atoms with van der Waals surface area (Å²) >= 11 is 0. The lowest BCUT2D eigenvalue weighted by Crippen LogP contribution is -2.53. The third kappa shape index (κ3) is 12.7. The van der Waals surface area contributed by atoms with E-state index in [0.29, 0.717) is 25.8 Å². The van der Waals surface area contributed by atoms with Crippen LogP contribution in [0.2, 0.25) is 0 Å². The summed E-state index contributed by atoms with van der Waals surface area (Å²) in [6.07, 6.45) is 4.50. The zero-order valence-electron chi connectivity index (χ0n) is 34.8. The maximum atomic E-state index is 14.1. The van der Waals surface area contributed by atoms with Gasteiger partial charge in [-0.25, -0.2) is 0 Å². The Morgan fingerprint density at radius 2 is 1.47 bits per heavy atom. The van der Waals surface area contributed by atoms with Crippen LogP contribution in [-0.4, -0.2) is 104 Å². The predicted molar refractivity (Wildman–Crippen MR) is 204 cm³/mol. The number of carbonyl (C=O) groups is 5. The first-order valence-electron chi connectivity index (χ1n) is 19.8. The molecule has 0 aromatic heterocycles. The number of ketones is 3. The first kappa shape index (κ1) is 46.9. The van der Waals surface area contributed by atoms with Gasteiger partial charge in [-0.05, 0) is 43.6 Å². The van der Waals surface area contributed by atoms with Crippen molar-refractivity contribution in [3.8, 4) is 0 Å². The van der Waals surface area contributed by atoms with Gasteiger partial charge in [0.2, 0.25) is 11.8 Å². The molecule has 0 aliphatic carbocycles. The lowest BCUT2D eigenvalue weighted by Gasteiger charge is -2.40. The fourth-order valence-corrected chi connectivity index (χ4v) is 8.05. The second-order valence-corrected chi connectivity index (χ2v) is 16.1. The first-order valence-corrected chi connectivity index (χ1v) is 19.8. The van der Waals surface area contributed by atoms with Crippen molar-refractivity contribution in [1.29, 1.82) is 0 Å². The molecule has 1 fully saturated rings. The molecule has 1 N–H and O–H groups in total. The highest BCUT2D eigenvalue weighted by atomic mass is 16.5. The van der Waals surface area contributed by atoms with Crippen molar-refractivity contribution in [3.63, 3.8) is 0 Å². The van der Waals surface area contributed by atoms with E-state index >= 15 is 0 Å². The van der Waals surface area contributed by atoms with Crippen molar-refractivity contribution in [1.82, 2.24) is 15.1 Å². The summed E-state index contributed by atoms with van der Waals surface area (Å²) in [5, 5.41) is 3.08. The van der Waals surface area contributed by atoms with Crippen LogP contribution in [0.5, 0.6) is 0 Å². The molecule has 0 aromatic carbocycles. The monoisotopic (exact) mass is 722 g/mol. The van der Waals surface area contributed by atoms with Gasteiger partial charge in [0.25, 0.3) is 0 Å². The molecule has 9 atom stereocenters. The van der Waals surface area contributed by atoms with Crippen LogP contribution in [0, 0.1) is 35.0 Å². The van der Waals surface area contributed by atoms with Crippen LogP contribution in [0.4, 0.5) is 0 Å². The Hall–Kier alpha value is -2.17. The van der Waals surface area contributed by atoms with Crippen LogP contribution in [0.15, 0.2) is 0 Å². The van der Waals surface area contributed by atoms with Gasteiger partial charge in [0.05, 0.1) is 36.8 Å². The van der Waals surface area contributed by atoms with E-state index in [-0.39, 0.29) is 89.7 Å². The van der Waals surface area contributed by atoms with Crippen molar-refractivity contribution >= 4 is 29.2 Å². The first-order chi connectivity index (χ1) is 23.9. The van der Waals surface area contributed by atoms with Crippen LogP contribution in [-0.2, 0) is 33.4 Å². The summed E-state index contributed by atoms with van der Waals surface area (Å²) in [6, 6.07) is -0.988. The average Bonchev–Trinajstić information content (AvgIpc) is 3.59. The van der Waals surface area contributed by atoms with E-state index in [4.69, 9.17) is 9.47 Å². The molecule has 1 aliphatic heterocycles. The van der Waals surface area contributed by atoms with Gasteiger partial charge in [-0.1, -0.05) is 88.5 Å². The van der Waals surface area contributed by atoms with Crippen molar-refractivity contribution in [3.05, 3.63) is 0 Å². The van der Waals surface area contributed by atoms with Crippen LogP contribution >= 0.6 is 0 Å². The minimum Gasteiger partial charge on any atom is -0.379 e. The summed E-state index contributed by atoms with van der Waals surface area (Å²) in [7, 11) is 6.68. The Morgan fingerprint density at radius 1 is 0.863 bits per heavy atom. The molecule has 0 bridgehead atoms. The highest BCUT2D eigenvalue weighted by Crippen LogP contribution is 2.34. The van der Waals surface area contributed by atoms with Gasteiger partial charge < -0.3 is 24.6 Å². The second-order valence-electron chi connectivity index (χ2n) is 16.1. The predicted octanol–water partition coefficient (Wildman–Crippen LogP) is 6.52. The average molecular weight is 722 g/mol. The lowest BCUT2D eigenvalue weighted by molar-refractivity contribution is -0.147. The summed E-state index contributed by atoms with van der Waals surface area (Å²) in [4.78, 5) is 71.4. The smallest absolute Gasteiger partial charge is 0.225 e. The number of ether oxygens (including phenoxy) is 2. The molecule has 0 radical (unpaired) electrons. The molecule has 2 amide bonds. The number of Topliss-reactive ketones (excluding diaryl/α,β-unsaturated/α-hetero) is 3. The van der Waals surface area contributed by atoms with Crippen LogP contribution < -0.4 is 5.32 Å². The SMILES string of the molecule is CC[C@H](CC(=O)[C@H](C)[C@@H](OC)[C@@H]1CCCN1C(=O)C[C@@H](OC)[C@H]([C@@H](C)CC)N(C)C(=O)[C@H](C)CC(=O)[C@@H](NC)C(C)C)C(=O)CC(C)(CC)CC. The molecule has 0 saturated carbocycles. The normalized spacial score (nSPS) is 19.9. The fourth-order valence-electron chi connectivity index (χ4n) is 8.05. The van der Waals surface area contributed by atoms with E-state index in [1.165, 1.54) is 0 Å². The van der Waals surface area contributed by atoms with Gasteiger partial charge in [0.15, 0.2) is 5.78 Å². The molecule has 1 heterocycles. The van der Waals surface area contributed by atoms with Crippen molar-refractivity contribution in [2.75, 3.05) is 34.9 Å².